The van der Waals surface area contributed by atoms with Crippen molar-refractivity contribution in [3.8, 4) is 0 Å². The molecule has 6 nitrogen and oxygen atoms in total. The normalized spacial score (nSPS) is 23.1. The summed E-state index contributed by atoms with van der Waals surface area (Å²) in [6.07, 6.45) is 4.56. The van der Waals surface area contributed by atoms with Crippen molar-refractivity contribution in [1.29, 1.82) is 0 Å². The molecule has 33 heavy (non-hydrogen) atoms. The number of carbonyl (C=O) groups is 2. The predicted octanol–water partition coefficient (Wildman–Crippen LogP) is 5.02. The molecule has 0 aromatic heterocycles. The summed E-state index contributed by atoms with van der Waals surface area (Å²) in [7, 11) is 1.36. The van der Waals surface area contributed by atoms with Gasteiger partial charge in [0.25, 0.3) is 0 Å². The van der Waals surface area contributed by atoms with Crippen molar-refractivity contribution in [2.24, 2.45) is 5.73 Å². The van der Waals surface area contributed by atoms with Crippen LogP contribution in [0.4, 0.5) is 10.5 Å². The second-order valence-electron chi connectivity index (χ2n) is 8.75. The van der Waals surface area contributed by atoms with Crippen molar-refractivity contribution < 1.29 is 14.3 Å². The second kappa shape index (κ2) is 10.8. The zero-order valence-electron chi connectivity index (χ0n) is 18.8. The van der Waals surface area contributed by atoms with Gasteiger partial charge in [0.1, 0.15) is 0 Å². The van der Waals surface area contributed by atoms with Crippen LogP contribution in [0.1, 0.15) is 48.0 Å². The van der Waals surface area contributed by atoms with Gasteiger partial charge >= 0.3 is 12.0 Å². The molecular weight excluding hydrogens is 461 g/mol. The van der Waals surface area contributed by atoms with Gasteiger partial charge in [0.05, 0.1) is 12.7 Å². The zero-order valence-corrected chi connectivity index (χ0v) is 20.4. The van der Waals surface area contributed by atoms with Gasteiger partial charge in [-0.1, -0.05) is 29.8 Å². The summed E-state index contributed by atoms with van der Waals surface area (Å²) in [4.78, 5) is 29.1. The first-order valence-electron chi connectivity index (χ1n) is 11.2. The van der Waals surface area contributed by atoms with Crippen LogP contribution < -0.4 is 10.6 Å². The quantitative estimate of drug-likeness (QED) is 0.595. The van der Waals surface area contributed by atoms with Gasteiger partial charge in [-0.15, -0.1) is 12.4 Å². The number of esters is 1. The summed E-state index contributed by atoms with van der Waals surface area (Å²) in [5.74, 6) is -0.403. The number of halogens is 2. The molecule has 0 unspecified atom stereocenters. The van der Waals surface area contributed by atoms with Crippen molar-refractivity contribution >= 4 is 41.7 Å². The first-order chi connectivity index (χ1) is 15.5. The van der Waals surface area contributed by atoms with E-state index in [4.69, 9.17) is 22.1 Å². The minimum atomic E-state index is -0.403. The molecule has 2 amide bonds. The molecule has 0 atom stereocenters. The van der Waals surface area contributed by atoms with Gasteiger partial charge in [0, 0.05) is 41.8 Å². The molecule has 8 heteroatoms. The van der Waals surface area contributed by atoms with E-state index in [1.54, 1.807) is 23.1 Å². The van der Waals surface area contributed by atoms with Crippen LogP contribution >= 0.6 is 24.0 Å². The molecule has 1 saturated heterocycles. The van der Waals surface area contributed by atoms with E-state index in [0.717, 1.165) is 49.4 Å². The smallest absolute Gasteiger partial charge is 0.337 e. The lowest BCUT2D eigenvalue weighted by molar-refractivity contribution is 0.0600. The van der Waals surface area contributed by atoms with E-state index in [-0.39, 0.29) is 29.9 Å². The lowest BCUT2D eigenvalue weighted by Crippen LogP contribution is -2.55. The fraction of sp³-hybridized carbons (Fsp3) is 0.440. The minimum absolute atomic E-state index is 0. The third kappa shape index (κ3) is 5.13. The number of rotatable bonds is 5. The van der Waals surface area contributed by atoms with Gasteiger partial charge in [0.2, 0.25) is 0 Å². The topological polar surface area (TPSA) is 75.9 Å². The molecule has 1 heterocycles. The highest BCUT2D eigenvalue weighted by Crippen LogP contribution is 2.41. The molecular formula is C25H31Cl2N3O3. The second-order valence-corrected chi connectivity index (χ2v) is 9.19. The fourth-order valence-electron chi connectivity index (χ4n) is 5.14. The van der Waals surface area contributed by atoms with Crippen LogP contribution in [-0.4, -0.2) is 49.7 Å². The predicted molar refractivity (Wildman–Crippen MR) is 134 cm³/mol. The molecule has 1 saturated carbocycles. The molecule has 2 fully saturated rings. The molecule has 178 valence electrons. The van der Waals surface area contributed by atoms with Gasteiger partial charge in [-0.05, 0) is 68.0 Å². The number of hydrogen-bond acceptors (Lipinski definition) is 4. The number of methoxy groups -OCH3 is 1. The van der Waals surface area contributed by atoms with Crippen molar-refractivity contribution in [2.45, 2.75) is 43.6 Å². The van der Waals surface area contributed by atoms with E-state index < -0.39 is 5.97 Å². The van der Waals surface area contributed by atoms with E-state index in [1.807, 2.05) is 29.2 Å². The number of amides is 2. The van der Waals surface area contributed by atoms with E-state index in [2.05, 4.69) is 6.07 Å². The Hall–Kier alpha value is -2.28. The first kappa shape index (κ1) is 25.3. The lowest BCUT2D eigenvalue weighted by Gasteiger charge is -2.46. The molecule has 0 bridgehead atoms. The van der Waals surface area contributed by atoms with Crippen LogP contribution in [0.15, 0.2) is 48.5 Å². The highest BCUT2D eigenvalue weighted by molar-refractivity contribution is 6.30. The number of hydrogen-bond donors (Lipinski definition) is 1. The number of carbonyl (C=O) groups excluding carboxylic acids is 2. The number of urea groups is 1. The van der Waals surface area contributed by atoms with Crippen LogP contribution in [0, 0.1) is 0 Å². The number of benzene rings is 2. The van der Waals surface area contributed by atoms with Gasteiger partial charge in [0.15, 0.2) is 0 Å². The minimum Gasteiger partial charge on any atom is -0.465 e. The SMILES string of the molecule is COC(=O)c1cccc(N2CCCN(C3CCC(CN)(c4cccc(Cl)c4)CC3)C2=O)c1.Cl. The molecule has 0 spiro atoms. The van der Waals surface area contributed by atoms with Crippen LogP contribution in [0.2, 0.25) is 5.02 Å². The van der Waals surface area contributed by atoms with E-state index in [1.165, 1.54) is 12.7 Å². The number of anilines is 1. The molecule has 1 aliphatic carbocycles. The van der Waals surface area contributed by atoms with Gasteiger partial charge in [-0.3, -0.25) is 4.90 Å². The maximum atomic E-state index is 13.4. The standard InChI is InChI=1S/C25H30ClN3O3.ClH/c1-32-23(30)18-5-2-8-22(15-18)29-14-4-13-28(24(29)31)21-9-11-25(17-27,12-10-21)19-6-3-7-20(26)16-19;/h2-3,5-8,15-16,21H,4,9-14,17,27H2,1H3;1H. The van der Waals surface area contributed by atoms with Gasteiger partial charge in [-0.2, -0.15) is 0 Å². The summed E-state index contributed by atoms with van der Waals surface area (Å²) in [6.45, 7) is 1.96. The van der Waals surface area contributed by atoms with E-state index in [0.29, 0.717) is 18.7 Å². The monoisotopic (exact) mass is 491 g/mol. The maximum absolute atomic E-state index is 13.4. The zero-order chi connectivity index (χ0) is 22.7. The summed E-state index contributed by atoms with van der Waals surface area (Å²) in [6, 6.07) is 15.3. The average molecular weight is 492 g/mol. The number of nitrogens with zero attached hydrogens (tertiary/aromatic N) is 2. The van der Waals surface area contributed by atoms with E-state index >= 15 is 0 Å². The maximum Gasteiger partial charge on any atom is 0.337 e. The number of nitrogens with two attached hydrogens (primary N) is 1. The van der Waals surface area contributed by atoms with E-state index in [9.17, 15) is 9.59 Å². The molecule has 2 N–H and O–H groups in total. The Bertz CT molecular complexity index is 992. The Balaban J connectivity index is 0.00000306. The first-order valence-corrected chi connectivity index (χ1v) is 11.6. The van der Waals surface area contributed by atoms with Gasteiger partial charge < -0.3 is 15.4 Å². The summed E-state index contributed by atoms with van der Waals surface area (Å²) < 4.78 is 4.82. The van der Waals surface area contributed by atoms with Crippen molar-refractivity contribution in [3.63, 3.8) is 0 Å². The van der Waals surface area contributed by atoms with Crippen LogP contribution in [0.3, 0.4) is 0 Å². The largest absolute Gasteiger partial charge is 0.465 e. The molecule has 2 aromatic rings. The Morgan fingerprint density at radius 2 is 1.88 bits per heavy atom. The Labute approximate surface area is 206 Å². The fourth-order valence-corrected chi connectivity index (χ4v) is 5.33. The van der Waals surface area contributed by atoms with Gasteiger partial charge in [-0.25, -0.2) is 9.59 Å². The third-order valence-corrected chi connectivity index (χ3v) is 7.25. The van der Waals surface area contributed by atoms with Crippen molar-refractivity contribution in [3.05, 3.63) is 64.7 Å². The molecule has 2 aliphatic rings. The van der Waals surface area contributed by atoms with Crippen LogP contribution in [0.5, 0.6) is 0 Å². The lowest BCUT2D eigenvalue weighted by atomic mass is 9.68. The van der Waals surface area contributed by atoms with Crippen molar-refractivity contribution in [1.82, 2.24) is 4.90 Å². The molecule has 2 aromatic carbocycles. The third-order valence-electron chi connectivity index (χ3n) is 7.02. The Kier molecular flexibility index (Phi) is 8.27. The highest BCUT2D eigenvalue weighted by Gasteiger charge is 2.40. The highest BCUT2D eigenvalue weighted by atomic mass is 35.5. The van der Waals surface area contributed by atoms with Crippen LogP contribution in [0.25, 0.3) is 0 Å². The number of ether oxygens (including phenoxy) is 1. The summed E-state index contributed by atoms with van der Waals surface area (Å²) in [5.41, 5.74) is 8.53. The molecule has 1 aliphatic heterocycles. The van der Waals surface area contributed by atoms with Crippen LogP contribution in [-0.2, 0) is 10.2 Å². The average Bonchev–Trinajstić information content (AvgIpc) is 2.84. The Morgan fingerprint density at radius 1 is 1.15 bits per heavy atom. The summed E-state index contributed by atoms with van der Waals surface area (Å²) >= 11 is 6.24. The van der Waals surface area contributed by atoms with Crippen molar-refractivity contribution in [2.75, 3.05) is 31.6 Å². The summed E-state index contributed by atoms with van der Waals surface area (Å²) in [5, 5.41) is 0.730. The molecule has 0 radical (unpaired) electrons. The Morgan fingerprint density at radius 3 is 2.55 bits per heavy atom. The molecule has 4 rings (SSSR count).